The molecule has 0 spiro atoms. The Labute approximate surface area is 231 Å². The zero-order chi connectivity index (χ0) is 27.6. The third kappa shape index (κ3) is 5.66. The number of carboxylic acid groups (broad SMARTS) is 1. The largest absolute Gasteiger partial charge is 0.493 e. The summed E-state index contributed by atoms with van der Waals surface area (Å²) >= 11 is 0. The number of carboxylic acids is 1. The fraction of sp³-hybridized carbons (Fsp3) is 0.400. The molecule has 1 aliphatic carbocycles. The molecule has 3 aliphatic rings. The van der Waals surface area contributed by atoms with Gasteiger partial charge in [0.15, 0.2) is 0 Å². The lowest BCUT2D eigenvalue weighted by Crippen LogP contribution is -2.37. The molecule has 0 unspecified atom stereocenters. The van der Waals surface area contributed by atoms with Crippen LogP contribution in [0.4, 0.5) is 11.5 Å². The van der Waals surface area contributed by atoms with Gasteiger partial charge >= 0.3 is 5.97 Å². The summed E-state index contributed by atoms with van der Waals surface area (Å²) in [6.07, 6.45) is 4.56. The van der Waals surface area contributed by atoms with Crippen LogP contribution in [0.3, 0.4) is 0 Å². The number of benzene rings is 1. The van der Waals surface area contributed by atoms with Gasteiger partial charge in [-0.1, -0.05) is 18.2 Å². The number of carbonyl (C=O) groups excluding carboxylic acids is 1. The molecule has 3 aromatic rings. The summed E-state index contributed by atoms with van der Waals surface area (Å²) < 4.78 is 7.15. The van der Waals surface area contributed by atoms with Gasteiger partial charge in [0.1, 0.15) is 23.8 Å². The van der Waals surface area contributed by atoms with Crippen LogP contribution >= 0.6 is 0 Å². The molecule has 0 bridgehead atoms. The van der Waals surface area contributed by atoms with Gasteiger partial charge in [-0.3, -0.25) is 14.4 Å². The Kier molecular flexibility index (Phi) is 7.15. The molecule has 4 heterocycles. The van der Waals surface area contributed by atoms with E-state index in [0.717, 1.165) is 67.2 Å². The first kappa shape index (κ1) is 25.9. The van der Waals surface area contributed by atoms with Crippen LogP contribution in [0.2, 0.25) is 0 Å². The van der Waals surface area contributed by atoms with E-state index < -0.39 is 17.9 Å². The van der Waals surface area contributed by atoms with Gasteiger partial charge in [-0.05, 0) is 72.6 Å². The van der Waals surface area contributed by atoms with Crippen LogP contribution in [0.1, 0.15) is 65.7 Å². The average molecular weight is 544 g/mol. The van der Waals surface area contributed by atoms with Crippen LogP contribution in [0.25, 0.3) is 0 Å². The van der Waals surface area contributed by atoms with Gasteiger partial charge in [-0.25, -0.2) is 4.98 Å². The molecule has 1 atom stereocenters. The monoisotopic (exact) mass is 543 g/mol. The van der Waals surface area contributed by atoms with Crippen molar-refractivity contribution in [1.82, 2.24) is 14.9 Å². The number of anilines is 2. The Hall–Kier alpha value is -4.34. The summed E-state index contributed by atoms with van der Waals surface area (Å²) in [7, 11) is 0. The number of amides is 1. The Morgan fingerprint density at radius 3 is 2.80 bits per heavy atom. The van der Waals surface area contributed by atoms with Gasteiger partial charge in [0.2, 0.25) is 5.91 Å². The normalized spacial score (nSPS) is 16.2. The van der Waals surface area contributed by atoms with Crippen LogP contribution in [0, 0.1) is 0 Å². The second-order valence-electron chi connectivity index (χ2n) is 10.7. The van der Waals surface area contributed by atoms with Crippen molar-refractivity contribution in [2.75, 3.05) is 23.8 Å². The van der Waals surface area contributed by atoms with E-state index in [-0.39, 0.29) is 24.4 Å². The number of fused-ring (bicyclic) bond motifs is 2. The second kappa shape index (κ2) is 11.0. The molecule has 40 heavy (non-hydrogen) atoms. The van der Waals surface area contributed by atoms with Gasteiger partial charge in [0.05, 0.1) is 31.3 Å². The summed E-state index contributed by atoms with van der Waals surface area (Å²) in [4.78, 5) is 43.1. The first-order chi connectivity index (χ1) is 19.4. The summed E-state index contributed by atoms with van der Waals surface area (Å²) in [5, 5.41) is 18.9. The van der Waals surface area contributed by atoms with E-state index >= 15 is 0 Å². The lowest BCUT2D eigenvalue weighted by Gasteiger charge is -2.20. The molecule has 6 rings (SSSR count). The molecular formula is C30H33N5O5. The van der Waals surface area contributed by atoms with Gasteiger partial charge in [0.25, 0.3) is 5.56 Å². The Bertz CT molecular complexity index is 1510. The number of aliphatic carboxylic acids is 1. The lowest BCUT2D eigenvalue weighted by atomic mass is 10.0. The molecule has 1 fully saturated rings. The van der Waals surface area contributed by atoms with Crippen molar-refractivity contribution >= 4 is 23.4 Å². The van der Waals surface area contributed by atoms with E-state index in [1.54, 1.807) is 12.1 Å². The van der Waals surface area contributed by atoms with Crippen LogP contribution < -0.4 is 26.2 Å². The molecule has 208 valence electrons. The number of hydrogen-bond acceptors (Lipinski definition) is 7. The molecule has 0 saturated heterocycles. The van der Waals surface area contributed by atoms with E-state index in [0.29, 0.717) is 24.4 Å². The molecule has 1 aromatic carbocycles. The summed E-state index contributed by atoms with van der Waals surface area (Å²) in [5.41, 5.74) is 4.68. The third-order valence-corrected chi connectivity index (χ3v) is 7.75. The highest BCUT2D eigenvalue weighted by Crippen LogP contribution is 2.39. The quantitative estimate of drug-likeness (QED) is 0.306. The molecule has 2 aromatic heterocycles. The maximum Gasteiger partial charge on any atom is 0.305 e. The van der Waals surface area contributed by atoms with Crippen molar-refractivity contribution in [3.05, 3.63) is 80.9 Å². The number of aryl methyl sites for hydroxylation is 1. The van der Waals surface area contributed by atoms with Crippen molar-refractivity contribution in [1.29, 1.82) is 0 Å². The van der Waals surface area contributed by atoms with Crippen molar-refractivity contribution in [3.8, 4) is 5.75 Å². The molecule has 2 aliphatic heterocycles. The van der Waals surface area contributed by atoms with E-state index in [1.165, 1.54) is 10.1 Å². The molecular weight excluding hydrogens is 510 g/mol. The third-order valence-electron chi connectivity index (χ3n) is 7.75. The summed E-state index contributed by atoms with van der Waals surface area (Å²) in [6.45, 7) is 1.67. The van der Waals surface area contributed by atoms with Gasteiger partial charge in [0, 0.05) is 18.7 Å². The first-order valence-electron chi connectivity index (χ1n) is 13.9. The number of aromatic nitrogens is 2. The first-order valence-corrected chi connectivity index (χ1v) is 13.9. The van der Waals surface area contributed by atoms with Crippen molar-refractivity contribution in [3.63, 3.8) is 0 Å². The van der Waals surface area contributed by atoms with Crippen LogP contribution in [-0.4, -0.2) is 39.7 Å². The Morgan fingerprint density at radius 2 is 1.98 bits per heavy atom. The van der Waals surface area contributed by atoms with Crippen LogP contribution in [0.5, 0.6) is 5.75 Å². The minimum absolute atomic E-state index is 0.196. The maximum absolute atomic E-state index is 13.5. The van der Waals surface area contributed by atoms with Gasteiger partial charge in [-0.2, -0.15) is 0 Å². The average Bonchev–Trinajstić information content (AvgIpc) is 3.68. The zero-order valence-electron chi connectivity index (χ0n) is 22.2. The van der Waals surface area contributed by atoms with Crippen LogP contribution in [-0.2, 0) is 35.5 Å². The fourth-order valence-corrected chi connectivity index (χ4v) is 5.49. The highest BCUT2D eigenvalue weighted by molar-refractivity contribution is 5.78. The van der Waals surface area contributed by atoms with E-state index in [1.807, 2.05) is 24.3 Å². The minimum atomic E-state index is -1.03. The van der Waals surface area contributed by atoms with Crippen molar-refractivity contribution < 1.29 is 19.4 Å². The number of nitrogens with zero attached hydrogens (tertiary/aromatic N) is 2. The summed E-state index contributed by atoms with van der Waals surface area (Å²) in [6, 6.07) is 12.5. The smallest absolute Gasteiger partial charge is 0.305 e. The van der Waals surface area contributed by atoms with E-state index in [9.17, 15) is 19.5 Å². The number of carbonyl (C=O) groups is 2. The summed E-state index contributed by atoms with van der Waals surface area (Å²) in [5.74, 6) is 0.412. The number of pyridine rings is 2. The molecule has 0 radical (unpaired) electrons. The van der Waals surface area contributed by atoms with Crippen molar-refractivity contribution in [2.45, 2.75) is 63.6 Å². The van der Waals surface area contributed by atoms with E-state index in [2.05, 4.69) is 27.0 Å². The van der Waals surface area contributed by atoms with E-state index in [4.69, 9.17) is 4.74 Å². The molecule has 10 nitrogen and oxygen atoms in total. The predicted molar refractivity (Wildman–Crippen MR) is 150 cm³/mol. The highest BCUT2D eigenvalue weighted by Gasteiger charge is 2.29. The van der Waals surface area contributed by atoms with Gasteiger partial charge in [-0.15, -0.1) is 0 Å². The maximum atomic E-state index is 13.5. The molecule has 1 amide bonds. The SMILES string of the molecule is O=C(O)C[C@H](NC(=O)Cn1c(C2CC2)ccc(NCc2ccc3c(n2)NCCC3)c1=O)c1ccc2c(c1)OCC2. The molecule has 10 heteroatoms. The molecule has 4 N–H and O–H groups in total. The standard InChI is InChI=1S/C30H33N5O5/c36-27(34-24(15-28(37)38)21-6-5-19-11-13-40-26(19)14-21)17-35-25(18-3-4-18)10-9-23(30(35)39)32-16-22-8-7-20-2-1-12-31-29(20)33-22/h5-10,14,18,24,32H,1-4,11-13,15-17H2,(H,31,33)(H,34,36)(H,37,38)/t24-/m0/s1. The van der Waals surface area contributed by atoms with Crippen molar-refractivity contribution in [2.24, 2.45) is 0 Å². The Morgan fingerprint density at radius 1 is 1.12 bits per heavy atom. The fourth-order valence-electron chi connectivity index (χ4n) is 5.49. The number of nitrogens with one attached hydrogen (secondary N) is 3. The number of ether oxygens (including phenoxy) is 1. The lowest BCUT2D eigenvalue weighted by molar-refractivity contribution is -0.137. The highest BCUT2D eigenvalue weighted by atomic mass is 16.5. The van der Waals surface area contributed by atoms with Crippen LogP contribution in [0.15, 0.2) is 47.3 Å². The minimum Gasteiger partial charge on any atom is -0.493 e. The number of rotatable bonds is 10. The Balaban J connectivity index is 1.19. The zero-order valence-corrected chi connectivity index (χ0v) is 22.2. The van der Waals surface area contributed by atoms with Gasteiger partial charge < -0.3 is 30.4 Å². The topological polar surface area (TPSA) is 135 Å². The predicted octanol–water partition coefficient (Wildman–Crippen LogP) is 3.36. The second-order valence-corrected chi connectivity index (χ2v) is 10.7. The molecule has 1 saturated carbocycles. The number of hydrogen-bond donors (Lipinski definition) is 4.